The molecule has 1 N–H and O–H groups in total. The number of hydrogen-bond donors (Lipinski definition) is 1. The van der Waals surface area contributed by atoms with E-state index in [0.29, 0.717) is 0 Å². The SMILES string of the molecule is CC1CCCN1CCOc1ccc(CNC(C)(C)C)cc1. The minimum Gasteiger partial charge on any atom is -0.492 e. The van der Waals surface area contributed by atoms with Crippen molar-refractivity contribution in [3.8, 4) is 5.75 Å². The smallest absolute Gasteiger partial charge is 0.119 e. The predicted molar refractivity (Wildman–Crippen MR) is 88.8 cm³/mol. The summed E-state index contributed by atoms with van der Waals surface area (Å²) in [6.45, 7) is 12.8. The maximum Gasteiger partial charge on any atom is 0.119 e. The van der Waals surface area contributed by atoms with Crippen LogP contribution in [0.25, 0.3) is 0 Å². The molecule has 1 aromatic rings. The van der Waals surface area contributed by atoms with Gasteiger partial charge in [0, 0.05) is 24.7 Å². The molecule has 2 rings (SSSR count). The van der Waals surface area contributed by atoms with Gasteiger partial charge in [0.2, 0.25) is 0 Å². The van der Waals surface area contributed by atoms with Gasteiger partial charge in [-0.2, -0.15) is 0 Å². The average Bonchev–Trinajstić information content (AvgIpc) is 2.83. The van der Waals surface area contributed by atoms with Crippen LogP contribution >= 0.6 is 0 Å². The molecule has 1 fully saturated rings. The normalized spacial score (nSPS) is 19.9. The summed E-state index contributed by atoms with van der Waals surface area (Å²) in [5, 5.41) is 3.50. The van der Waals surface area contributed by atoms with Crippen LogP contribution < -0.4 is 10.1 Å². The molecule has 1 saturated heterocycles. The fourth-order valence-electron chi connectivity index (χ4n) is 2.68. The molecule has 1 aliphatic heterocycles. The summed E-state index contributed by atoms with van der Waals surface area (Å²) < 4.78 is 5.85. The van der Waals surface area contributed by atoms with Crippen LogP contribution in [-0.4, -0.2) is 36.2 Å². The van der Waals surface area contributed by atoms with Gasteiger partial charge in [0.25, 0.3) is 0 Å². The molecule has 1 aromatic carbocycles. The Bertz CT molecular complexity index is 422. The molecule has 0 bridgehead atoms. The number of hydrogen-bond acceptors (Lipinski definition) is 3. The molecule has 1 unspecified atom stereocenters. The third kappa shape index (κ3) is 5.68. The van der Waals surface area contributed by atoms with E-state index >= 15 is 0 Å². The van der Waals surface area contributed by atoms with Gasteiger partial charge in [-0.15, -0.1) is 0 Å². The fourth-order valence-corrected chi connectivity index (χ4v) is 2.68. The molecule has 1 heterocycles. The van der Waals surface area contributed by atoms with Gasteiger partial charge in [0.15, 0.2) is 0 Å². The Morgan fingerprint density at radius 3 is 2.52 bits per heavy atom. The van der Waals surface area contributed by atoms with Crippen molar-refractivity contribution in [1.29, 1.82) is 0 Å². The van der Waals surface area contributed by atoms with E-state index < -0.39 is 0 Å². The molecule has 0 radical (unpaired) electrons. The van der Waals surface area contributed by atoms with E-state index in [1.54, 1.807) is 0 Å². The third-order valence-corrected chi connectivity index (χ3v) is 4.08. The first kappa shape index (κ1) is 16.3. The molecule has 0 spiro atoms. The van der Waals surface area contributed by atoms with Crippen LogP contribution in [-0.2, 0) is 6.54 Å². The molecule has 1 atom stereocenters. The molecular weight excluding hydrogens is 260 g/mol. The molecule has 118 valence electrons. The van der Waals surface area contributed by atoms with Gasteiger partial charge in [0.05, 0.1) is 0 Å². The van der Waals surface area contributed by atoms with E-state index in [0.717, 1.165) is 31.5 Å². The summed E-state index contributed by atoms with van der Waals surface area (Å²) in [5.74, 6) is 0.973. The summed E-state index contributed by atoms with van der Waals surface area (Å²) in [6, 6.07) is 9.17. The van der Waals surface area contributed by atoms with Crippen LogP contribution in [0.5, 0.6) is 5.75 Å². The maximum absolute atomic E-state index is 5.85. The zero-order chi connectivity index (χ0) is 15.3. The highest BCUT2D eigenvalue weighted by Crippen LogP contribution is 2.17. The predicted octanol–water partition coefficient (Wildman–Crippen LogP) is 3.44. The molecule has 0 amide bonds. The molecular formula is C18H30N2O. The minimum atomic E-state index is 0.154. The van der Waals surface area contributed by atoms with Gasteiger partial charge >= 0.3 is 0 Å². The van der Waals surface area contributed by atoms with Gasteiger partial charge in [-0.1, -0.05) is 12.1 Å². The number of benzene rings is 1. The quantitative estimate of drug-likeness (QED) is 0.868. The van der Waals surface area contributed by atoms with Crippen LogP contribution in [0.2, 0.25) is 0 Å². The van der Waals surface area contributed by atoms with Crippen molar-refractivity contribution in [1.82, 2.24) is 10.2 Å². The van der Waals surface area contributed by atoms with Crippen molar-refractivity contribution in [2.75, 3.05) is 19.7 Å². The third-order valence-electron chi connectivity index (χ3n) is 4.08. The lowest BCUT2D eigenvalue weighted by molar-refractivity contribution is 0.204. The molecule has 0 saturated carbocycles. The van der Waals surface area contributed by atoms with Crippen molar-refractivity contribution in [3.05, 3.63) is 29.8 Å². The zero-order valence-corrected chi connectivity index (χ0v) is 14.0. The standard InChI is InChI=1S/C18H30N2O/c1-15-6-5-11-20(15)12-13-21-17-9-7-16(8-10-17)14-19-18(2,3)4/h7-10,15,19H,5-6,11-14H2,1-4H3. The van der Waals surface area contributed by atoms with E-state index in [2.05, 4.69) is 62.2 Å². The Hall–Kier alpha value is -1.06. The minimum absolute atomic E-state index is 0.154. The first-order valence-electron chi connectivity index (χ1n) is 8.15. The van der Waals surface area contributed by atoms with E-state index in [9.17, 15) is 0 Å². The zero-order valence-electron chi connectivity index (χ0n) is 14.0. The van der Waals surface area contributed by atoms with E-state index in [-0.39, 0.29) is 5.54 Å². The van der Waals surface area contributed by atoms with E-state index in [4.69, 9.17) is 4.74 Å². The highest BCUT2D eigenvalue weighted by Gasteiger charge is 2.19. The molecule has 21 heavy (non-hydrogen) atoms. The van der Waals surface area contributed by atoms with Gasteiger partial charge in [-0.05, 0) is 64.8 Å². The summed E-state index contributed by atoms with van der Waals surface area (Å²) >= 11 is 0. The number of ether oxygens (including phenoxy) is 1. The lowest BCUT2D eigenvalue weighted by Gasteiger charge is -2.21. The second kappa shape index (κ2) is 7.28. The Balaban J connectivity index is 1.72. The van der Waals surface area contributed by atoms with Crippen LogP contribution in [0.3, 0.4) is 0 Å². The second-order valence-corrected chi connectivity index (χ2v) is 7.12. The number of nitrogens with zero attached hydrogens (tertiary/aromatic N) is 1. The highest BCUT2D eigenvalue weighted by molar-refractivity contribution is 5.27. The Labute approximate surface area is 129 Å². The fraction of sp³-hybridized carbons (Fsp3) is 0.667. The largest absolute Gasteiger partial charge is 0.492 e. The monoisotopic (exact) mass is 290 g/mol. The maximum atomic E-state index is 5.85. The lowest BCUT2D eigenvalue weighted by atomic mass is 10.1. The molecule has 0 aliphatic carbocycles. The van der Waals surface area contributed by atoms with Crippen LogP contribution in [0.15, 0.2) is 24.3 Å². The van der Waals surface area contributed by atoms with E-state index in [1.165, 1.54) is 24.9 Å². The van der Waals surface area contributed by atoms with Crippen molar-refractivity contribution in [2.45, 2.75) is 58.7 Å². The van der Waals surface area contributed by atoms with Gasteiger partial charge < -0.3 is 10.1 Å². The molecule has 3 heteroatoms. The van der Waals surface area contributed by atoms with Crippen LogP contribution in [0.1, 0.15) is 46.1 Å². The van der Waals surface area contributed by atoms with Crippen LogP contribution in [0, 0.1) is 0 Å². The van der Waals surface area contributed by atoms with E-state index in [1.807, 2.05) is 0 Å². The van der Waals surface area contributed by atoms with Crippen molar-refractivity contribution < 1.29 is 4.74 Å². The Kier molecular flexibility index (Phi) is 5.65. The van der Waals surface area contributed by atoms with Gasteiger partial charge in [0.1, 0.15) is 12.4 Å². The summed E-state index contributed by atoms with van der Waals surface area (Å²) in [7, 11) is 0. The van der Waals surface area contributed by atoms with Gasteiger partial charge in [-0.3, -0.25) is 4.90 Å². The topological polar surface area (TPSA) is 24.5 Å². The van der Waals surface area contributed by atoms with Crippen molar-refractivity contribution >= 4 is 0 Å². The molecule has 1 aliphatic rings. The summed E-state index contributed by atoms with van der Waals surface area (Å²) in [6.07, 6.45) is 2.66. The second-order valence-electron chi connectivity index (χ2n) is 7.12. The van der Waals surface area contributed by atoms with Crippen molar-refractivity contribution in [3.63, 3.8) is 0 Å². The summed E-state index contributed by atoms with van der Waals surface area (Å²) in [4.78, 5) is 2.52. The first-order chi connectivity index (χ1) is 9.94. The summed E-state index contributed by atoms with van der Waals surface area (Å²) in [5.41, 5.74) is 1.45. The average molecular weight is 290 g/mol. The number of nitrogens with one attached hydrogen (secondary N) is 1. The first-order valence-corrected chi connectivity index (χ1v) is 8.15. The molecule has 0 aromatic heterocycles. The Morgan fingerprint density at radius 2 is 1.95 bits per heavy atom. The number of likely N-dealkylation sites (tertiary alicyclic amines) is 1. The van der Waals surface area contributed by atoms with Crippen LogP contribution in [0.4, 0.5) is 0 Å². The molecule has 3 nitrogen and oxygen atoms in total. The Morgan fingerprint density at radius 1 is 1.24 bits per heavy atom. The number of rotatable bonds is 6. The lowest BCUT2D eigenvalue weighted by Crippen LogP contribution is -2.35. The van der Waals surface area contributed by atoms with Gasteiger partial charge in [-0.25, -0.2) is 0 Å². The van der Waals surface area contributed by atoms with Crippen molar-refractivity contribution in [2.24, 2.45) is 0 Å². The highest BCUT2D eigenvalue weighted by atomic mass is 16.5.